The second-order valence-corrected chi connectivity index (χ2v) is 12.1. The molecule has 198 valence electrons. The van der Waals surface area contributed by atoms with Crippen molar-refractivity contribution in [2.75, 3.05) is 0 Å². The molecular formula is C31H47F3O. The molecule has 3 fully saturated rings. The van der Waals surface area contributed by atoms with Crippen LogP contribution < -0.4 is 4.74 Å². The number of alkyl halides is 2. The van der Waals surface area contributed by atoms with Gasteiger partial charge in [-0.25, -0.2) is 4.39 Å². The molecule has 0 aromatic heterocycles. The van der Waals surface area contributed by atoms with Crippen molar-refractivity contribution in [1.29, 1.82) is 0 Å². The molecule has 3 saturated carbocycles. The quantitative estimate of drug-likeness (QED) is 0.279. The molecule has 1 aromatic rings. The Bertz CT molecular complexity index is 758. The molecule has 0 saturated heterocycles. The second kappa shape index (κ2) is 13.4. The van der Waals surface area contributed by atoms with Gasteiger partial charge in [-0.15, -0.1) is 0 Å². The summed E-state index contributed by atoms with van der Waals surface area (Å²) < 4.78 is 43.4. The van der Waals surface area contributed by atoms with Gasteiger partial charge in [0, 0.05) is 0 Å². The van der Waals surface area contributed by atoms with Gasteiger partial charge in [0.15, 0.2) is 11.6 Å². The fourth-order valence-corrected chi connectivity index (χ4v) is 7.65. The van der Waals surface area contributed by atoms with E-state index in [0.717, 1.165) is 48.0 Å². The summed E-state index contributed by atoms with van der Waals surface area (Å²) >= 11 is 0. The molecule has 0 bridgehead atoms. The molecule has 1 nitrogen and oxygen atoms in total. The SMILES string of the molecule is CCCCCCC1CCC(CCC2CCC3CC(c4ccc(OC(F)F)c(F)c4)CCC3C2)CC1. The summed E-state index contributed by atoms with van der Waals surface area (Å²) in [5.41, 5.74) is 0.950. The van der Waals surface area contributed by atoms with Crippen LogP contribution in [0.3, 0.4) is 0 Å². The fourth-order valence-electron chi connectivity index (χ4n) is 7.65. The molecule has 4 unspecified atom stereocenters. The first-order chi connectivity index (χ1) is 17.0. The number of unbranched alkanes of at least 4 members (excludes halogenated alkanes) is 3. The predicted molar refractivity (Wildman–Crippen MR) is 137 cm³/mol. The normalized spacial score (nSPS) is 31.3. The van der Waals surface area contributed by atoms with Crippen molar-refractivity contribution in [2.45, 2.75) is 129 Å². The maximum atomic E-state index is 14.2. The summed E-state index contributed by atoms with van der Waals surface area (Å²) in [7, 11) is 0. The van der Waals surface area contributed by atoms with Gasteiger partial charge in [-0.2, -0.15) is 8.78 Å². The number of fused-ring (bicyclic) bond motifs is 1. The Morgan fingerprint density at radius 3 is 2.14 bits per heavy atom. The van der Waals surface area contributed by atoms with Crippen LogP contribution in [0.25, 0.3) is 0 Å². The lowest BCUT2D eigenvalue weighted by Gasteiger charge is -2.43. The Labute approximate surface area is 211 Å². The first-order valence-electron chi connectivity index (χ1n) is 14.8. The topological polar surface area (TPSA) is 9.23 Å². The van der Waals surface area contributed by atoms with Crippen molar-refractivity contribution >= 4 is 0 Å². The van der Waals surface area contributed by atoms with E-state index >= 15 is 0 Å². The van der Waals surface area contributed by atoms with Crippen LogP contribution in [0.1, 0.15) is 128 Å². The third-order valence-electron chi connectivity index (χ3n) is 9.78. The minimum absolute atomic E-state index is 0.347. The number of hydrogen-bond acceptors (Lipinski definition) is 1. The van der Waals surface area contributed by atoms with Gasteiger partial charge in [-0.05, 0) is 85.3 Å². The van der Waals surface area contributed by atoms with Crippen LogP contribution in [0.4, 0.5) is 13.2 Å². The molecule has 0 radical (unpaired) electrons. The van der Waals surface area contributed by atoms with Crippen LogP contribution in [0, 0.1) is 35.4 Å². The van der Waals surface area contributed by atoms with E-state index < -0.39 is 12.4 Å². The van der Waals surface area contributed by atoms with Gasteiger partial charge in [0.1, 0.15) is 0 Å². The van der Waals surface area contributed by atoms with Crippen LogP contribution >= 0.6 is 0 Å². The molecule has 1 aromatic carbocycles. The average molecular weight is 493 g/mol. The highest BCUT2D eigenvalue weighted by molar-refractivity contribution is 5.31. The number of benzene rings is 1. The maximum absolute atomic E-state index is 14.2. The Balaban J connectivity index is 1.16. The van der Waals surface area contributed by atoms with Crippen LogP contribution in [-0.4, -0.2) is 6.61 Å². The highest BCUT2D eigenvalue weighted by Crippen LogP contribution is 2.49. The monoisotopic (exact) mass is 492 g/mol. The second-order valence-electron chi connectivity index (χ2n) is 12.1. The molecule has 4 heteroatoms. The predicted octanol–water partition coefficient (Wildman–Crippen LogP) is 10.3. The minimum atomic E-state index is -2.99. The van der Waals surface area contributed by atoms with E-state index in [2.05, 4.69) is 11.7 Å². The average Bonchev–Trinajstić information content (AvgIpc) is 2.86. The molecule has 3 aliphatic rings. The molecule has 4 rings (SSSR count). The molecule has 0 spiro atoms. The van der Waals surface area contributed by atoms with Gasteiger partial charge in [0.25, 0.3) is 0 Å². The molecule has 0 heterocycles. The Hall–Kier alpha value is -1.19. The summed E-state index contributed by atoms with van der Waals surface area (Å²) in [6.45, 7) is -0.695. The molecular weight excluding hydrogens is 445 g/mol. The summed E-state index contributed by atoms with van der Waals surface area (Å²) in [5, 5.41) is 0. The molecule has 0 N–H and O–H groups in total. The fraction of sp³-hybridized carbons (Fsp3) is 0.806. The summed E-state index contributed by atoms with van der Waals surface area (Å²) in [4.78, 5) is 0. The zero-order valence-electron chi connectivity index (χ0n) is 21.8. The zero-order valence-corrected chi connectivity index (χ0v) is 21.8. The van der Waals surface area contributed by atoms with E-state index in [4.69, 9.17) is 0 Å². The Morgan fingerprint density at radius 2 is 1.43 bits per heavy atom. The van der Waals surface area contributed by atoms with Crippen molar-refractivity contribution < 1.29 is 17.9 Å². The van der Waals surface area contributed by atoms with E-state index in [9.17, 15) is 13.2 Å². The van der Waals surface area contributed by atoms with Crippen molar-refractivity contribution in [3.05, 3.63) is 29.6 Å². The van der Waals surface area contributed by atoms with Gasteiger partial charge >= 0.3 is 6.61 Å². The van der Waals surface area contributed by atoms with Gasteiger partial charge in [0.2, 0.25) is 0 Å². The van der Waals surface area contributed by atoms with Crippen LogP contribution in [0.5, 0.6) is 5.75 Å². The first-order valence-corrected chi connectivity index (χ1v) is 14.8. The van der Waals surface area contributed by atoms with E-state index in [1.54, 1.807) is 6.07 Å². The third kappa shape index (κ3) is 7.89. The van der Waals surface area contributed by atoms with Crippen molar-refractivity contribution in [3.63, 3.8) is 0 Å². The molecule has 4 atom stereocenters. The van der Waals surface area contributed by atoms with E-state index in [-0.39, 0.29) is 5.75 Å². The van der Waals surface area contributed by atoms with Crippen LogP contribution in [0.2, 0.25) is 0 Å². The number of rotatable bonds is 11. The van der Waals surface area contributed by atoms with E-state index in [0.29, 0.717) is 5.92 Å². The van der Waals surface area contributed by atoms with Gasteiger partial charge in [0.05, 0.1) is 0 Å². The van der Waals surface area contributed by atoms with Gasteiger partial charge < -0.3 is 4.74 Å². The van der Waals surface area contributed by atoms with E-state index in [1.165, 1.54) is 108 Å². The number of ether oxygens (including phenoxy) is 1. The summed E-state index contributed by atoms with van der Waals surface area (Å²) in [6, 6.07) is 4.59. The largest absolute Gasteiger partial charge is 0.432 e. The highest BCUT2D eigenvalue weighted by atomic mass is 19.3. The smallest absolute Gasteiger partial charge is 0.387 e. The zero-order chi connectivity index (χ0) is 24.6. The summed E-state index contributed by atoms with van der Waals surface area (Å²) in [5.74, 6) is 3.79. The van der Waals surface area contributed by atoms with Crippen LogP contribution in [-0.2, 0) is 0 Å². The third-order valence-corrected chi connectivity index (χ3v) is 9.78. The van der Waals surface area contributed by atoms with Gasteiger partial charge in [-0.3, -0.25) is 0 Å². The van der Waals surface area contributed by atoms with Crippen molar-refractivity contribution in [1.82, 2.24) is 0 Å². The van der Waals surface area contributed by atoms with E-state index in [1.807, 2.05) is 0 Å². The lowest BCUT2D eigenvalue weighted by Crippen LogP contribution is -2.30. The summed E-state index contributed by atoms with van der Waals surface area (Å²) in [6.07, 6.45) is 23.3. The number of halogens is 3. The molecule has 3 aliphatic carbocycles. The molecule has 35 heavy (non-hydrogen) atoms. The van der Waals surface area contributed by atoms with Crippen LogP contribution in [0.15, 0.2) is 18.2 Å². The van der Waals surface area contributed by atoms with Crippen molar-refractivity contribution in [3.8, 4) is 5.75 Å². The number of hydrogen-bond donors (Lipinski definition) is 0. The Morgan fingerprint density at radius 1 is 0.771 bits per heavy atom. The minimum Gasteiger partial charge on any atom is -0.432 e. The highest BCUT2D eigenvalue weighted by Gasteiger charge is 2.36. The first kappa shape index (κ1) is 26.9. The molecule has 0 amide bonds. The Kier molecular flexibility index (Phi) is 10.3. The maximum Gasteiger partial charge on any atom is 0.387 e. The standard InChI is InChI=1S/C31H47F3O/c1-2-3-4-5-6-22-7-9-23(10-8-22)11-12-24-13-14-26-20-27(16-15-25(26)19-24)28-17-18-30(29(32)21-28)35-31(33)34/h17-18,21-27,31H,2-16,19-20H2,1H3. The molecule has 0 aliphatic heterocycles. The lowest BCUT2D eigenvalue weighted by atomic mass is 9.63. The van der Waals surface area contributed by atoms with Gasteiger partial charge in [-0.1, -0.05) is 90.0 Å². The lowest BCUT2D eigenvalue weighted by molar-refractivity contribution is -0.0522. The van der Waals surface area contributed by atoms with Crippen molar-refractivity contribution in [2.24, 2.45) is 29.6 Å².